The molecule has 9 rings (SSSR count). The summed E-state index contributed by atoms with van der Waals surface area (Å²) in [5, 5.41) is 3.18. The van der Waals surface area contributed by atoms with Crippen LogP contribution in [0.3, 0.4) is 0 Å². The molecule has 3 N–H and O–H groups in total. The van der Waals surface area contributed by atoms with Crippen molar-refractivity contribution in [3.63, 3.8) is 0 Å². The summed E-state index contributed by atoms with van der Waals surface area (Å²) in [5.41, 5.74) is 11.8. The molecule has 0 spiro atoms. The monoisotopic (exact) mass is 1020 g/mol. The largest absolute Gasteiger partial charge is 0.321 e. The van der Waals surface area contributed by atoms with Gasteiger partial charge in [0.2, 0.25) is 0 Å². The van der Waals surface area contributed by atoms with Crippen LogP contribution in [0.2, 0.25) is 0 Å². The van der Waals surface area contributed by atoms with Crippen molar-refractivity contribution >= 4 is 32.7 Å². The Morgan fingerprint density at radius 1 is 0.314 bits per heavy atom. The van der Waals surface area contributed by atoms with Gasteiger partial charge in [-0.25, -0.2) is 0 Å². The molecular formula is C63H69N3O3Ru. The Hall–Kier alpha value is -6.43. The SMILES string of the molecule is CCCCCCc1ccc(-c2cc3ccccc3[nH]c2=O)cc1.CCCCCCc1ccc(-c2cc3ccccc3[nH]c2=O)cc1.CCCCCCc1ccc(-c2cc3ccccc3[nH]c2=O)cc1.[Ru]. The first-order chi connectivity index (χ1) is 33.8. The van der Waals surface area contributed by atoms with E-state index in [1.165, 1.54) is 93.7 Å². The van der Waals surface area contributed by atoms with E-state index in [1.54, 1.807) is 0 Å². The fraction of sp³-hybridized carbons (Fsp3) is 0.286. The summed E-state index contributed by atoms with van der Waals surface area (Å²) >= 11 is 0. The minimum absolute atomic E-state index is 0. The number of nitrogens with one attached hydrogen (secondary N) is 3. The molecule has 0 saturated carbocycles. The fourth-order valence-electron chi connectivity index (χ4n) is 8.91. The number of unbranched alkanes of at least 4 members (excludes halogenated alkanes) is 9. The number of hydrogen-bond acceptors (Lipinski definition) is 3. The average molecular weight is 1020 g/mol. The van der Waals surface area contributed by atoms with Crippen molar-refractivity contribution in [2.45, 2.75) is 117 Å². The Bertz CT molecular complexity index is 2840. The second-order valence-corrected chi connectivity index (χ2v) is 18.3. The maximum Gasteiger partial charge on any atom is 0.256 e. The molecule has 0 amide bonds. The molecule has 3 aromatic heterocycles. The first-order valence-electron chi connectivity index (χ1n) is 25.5. The zero-order chi connectivity index (χ0) is 48.2. The molecule has 0 fully saturated rings. The summed E-state index contributed by atoms with van der Waals surface area (Å²) in [6.07, 6.45) is 18.7. The minimum Gasteiger partial charge on any atom is -0.321 e. The van der Waals surface area contributed by atoms with Gasteiger partial charge in [0.1, 0.15) is 0 Å². The number of fused-ring (bicyclic) bond motifs is 3. The molecule has 0 aliphatic carbocycles. The summed E-state index contributed by atoms with van der Waals surface area (Å²) in [5.74, 6) is 0. The van der Waals surface area contributed by atoms with Gasteiger partial charge in [0.25, 0.3) is 16.7 Å². The van der Waals surface area contributed by atoms with Gasteiger partial charge in [-0.15, -0.1) is 0 Å². The van der Waals surface area contributed by atoms with Crippen LogP contribution < -0.4 is 16.7 Å². The van der Waals surface area contributed by atoms with E-state index in [2.05, 4.69) is 109 Å². The van der Waals surface area contributed by atoms with Gasteiger partial charge in [0.15, 0.2) is 0 Å². The van der Waals surface area contributed by atoms with Gasteiger partial charge in [-0.05, 0) is 124 Å². The third kappa shape index (κ3) is 15.0. The summed E-state index contributed by atoms with van der Waals surface area (Å²) in [4.78, 5) is 45.8. The van der Waals surface area contributed by atoms with Gasteiger partial charge in [-0.1, -0.05) is 206 Å². The Morgan fingerprint density at radius 2 is 0.571 bits per heavy atom. The summed E-state index contributed by atoms with van der Waals surface area (Å²) in [6, 6.07) is 54.8. The normalized spacial score (nSPS) is 10.8. The number of aromatic amines is 3. The second-order valence-electron chi connectivity index (χ2n) is 18.3. The Kier molecular flexibility index (Phi) is 20.9. The molecule has 0 atom stereocenters. The van der Waals surface area contributed by atoms with Gasteiger partial charge in [-0.3, -0.25) is 14.4 Å². The van der Waals surface area contributed by atoms with Gasteiger partial charge >= 0.3 is 0 Å². The molecule has 70 heavy (non-hydrogen) atoms. The number of aromatic nitrogens is 3. The number of hydrogen-bond donors (Lipinski definition) is 3. The maximum atomic E-state index is 12.3. The van der Waals surface area contributed by atoms with Crippen LogP contribution in [-0.4, -0.2) is 15.0 Å². The third-order valence-electron chi connectivity index (χ3n) is 13.0. The topological polar surface area (TPSA) is 98.6 Å². The Morgan fingerprint density at radius 3 is 0.829 bits per heavy atom. The molecule has 0 saturated heterocycles. The number of pyridine rings is 3. The Labute approximate surface area is 426 Å². The van der Waals surface area contributed by atoms with Gasteiger partial charge in [0.05, 0.1) is 0 Å². The van der Waals surface area contributed by atoms with Crippen LogP contribution >= 0.6 is 0 Å². The van der Waals surface area contributed by atoms with Crippen LogP contribution in [0.15, 0.2) is 178 Å². The standard InChI is InChI=1S/3C21H23NO.Ru/c3*1-2-3-4-5-8-16-11-13-17(14-12-16)19-15-18-9-6-7-10-20(18)22-21(19)23;/h3*6-7,9-15H,2-5,8H2,1H3,(H,22,23);. The van der Waals surface area contributed by atoms with E-state index in [4.69, 9.17) is 0 Å². The number of rotatable bonds is 18. The van der Waals surface area contributed by atoms with Crippen molar-refractivity contribution < 1.29 is 19.5 Å². The molecule has 0 aliphatic heterocycles. The zero-order valence-corrected chi connectivity index (χ0v) is 43.0. The van der Waals surface area contributed by atoms with E-state index in [-0.39, 0.29) is 36.2 Å². The van der Waals surface area contributed by atoms with E-state index >= 15 is 0 Å². The first kappa shape index (κ1) is 52.9. The molecule has 3 heterocycles. The molecule has 0 radical (unpaired) electrons. The predicted octanol–water partition coefficient (Wildman–Crippen LogP) is 16.0. The molecule has 0 aliphatic rings. The smallest absolute Gasteiger partial charge is 0.256 e. The van der Waals surface area contributed by atoms with Gasteiger partial charge in [0, 0.05) is 52.7 Å². The van der Waals surface area contributed by atoms with Crippen LogP contribution in [0.25, 0.3) is 66.1 Å². The van der Waals surface area contributed by atoms with Crippen LogP contribution in [0.5, 0.6) is 0 Å². The first-order valence-corrected chi connectivity index (χ1v) is 25.5. The molecule has 362 valence electrons. The van der Waals surface area contributed by atoms with E-state index in [0.717, 1.165) is 85.4 Å². The molecule has 6 aromatic carbocycles. The van der Waals surface area contributed by atoms with Crippen molar-refractivity contribution in [3.8, 4) is 33.4 Å². The summed E-state index contributed by atoms with van der Waals surface area (Å²) in [6.45, 7) is 6.70. The van der Waals surface area contributed by atoms with E-state index in [1.807, 2.05) is 91.0 Å². The van der Waals surface area contributed by atoms with Gasteiger partial charge < -0.3 is 15.0 Å². The van der Waals surface area contributed by atoms with Crippen molar-refractivity contribution in [3.05, 3.63) is 212 Å². The van der Waals surface area contributed by atoms with Gasteiger partial charge in [-0.2, -0.15) is 0 Å². The number of aryl methyl sites for hydroxylation is 3. The molecular weight excluding hydrogens is 948 g/mol. The second kappa shape index (κ2) is 27.7. The molecule has 0 bridgehead atoms. The van der Waals surface area contributed by atoms with Crippen LogP contribution in [0, 0.1) is 0 Å². The fourth-order valence-corrected chi connectivity index (χ4v) is 8.91. The number of H-pyrrole nitrogens is 3. The van der Waals surface area contributed by atoms with Crippen molar-refractivity contribution in [2.24, 2.45) is 0 Å². The maximum absolute atomic E-state index is 12.3. The predicted molar refractivity (Wildman–Crippen MR) is 294 cm³/mol. The summed E-state index contributed by atoms with van der Waals surface area (Å²) in [7, 11) is 0. The van der Waals surface area contributed by atoms with Crippen molar-refractivity contribution in [2.75, 3.05) is 0 Å². The van der Waals surface area contributed by atoms with Crippen LogP contribution in [-0.2, 0) is 38.7 Å². The quantitative estimate of drug-likeness (QED) is 0.0590. The molecule has 6 nitrogen and oxygen atoms in total. The van der Waals surface area contributed by atoms with Crippen molar-refractivity contribution in [1.82, 2.24) is 15.0 Å². The molecule has 7 heteroatoms. The van der Waals surface area contributed by atoms with E-state index in [0.29, 0.717) is 0 Å². The number of para-hydroxylation sites is 3. The van der Waals surface area contributed by atoms with E-state index in [9.17, 15) is 14.4 Å². The third-order valence-corrected chi connectivity index (χ3v) is 13.0. The minimum atomic E-state index is -0.0283. The average Bonchev–Trinajstić information content (AvgIpc) is 3.38. The molecule has 0 unspecified atom stereocenters. The van der Waals surface area contributed by atoms with Crippen LogP contribution in [0.1, 0.15) is 115 Å². The Balaban J connectivity index is 0.000000171. The molecule has 9 aromatic rings. The van der Waals surface area contributed by atoms with Crippen molar-refractivity contribution in [1.29, 1.82) is 0 Å². The zero-order valence-electron chi connectivity index (χ0n) is 41.3. The van der Waals surface area contributed by atoms with E-state index < -0.39 is 0 Å². The van der Waals surface area contributed by atoms with Crippen LogP contribution in [0.4, 0.5) is 0 Å². The number of benzene rings is 6. The summed E-state index contributed by atoms with van der Waals surface area (Å²) < 4.78 is 0.